The molecule has 1 atom stereocenters. The molecule has 0 radical (unpaired) electrons. The molecular formula is C23H29NO4. The van der Waals surface area contributed by atoms with Crippen LogP contribution in [0.15, 0.2) is 60.7 Å². The van der Waals surface area contributed by atoms with Gasteiger partial charge in [-0.05, 0) is 17.5 Å². The Morgan fingerprint density at radius 1 is 0.929 bits per heavy atom. The third-order valence-corrected chi connectivity index (χ3v) is 4.70. The zero-order chi connectivity index (χ0) is 20.4. The quantitative estimate of drug-likeness (QED) is 0.465. The SMILES string of the molecule is COCCCN(CC(C)C(=O)OC)C(=O)C(c1ccccc1)c1ccccc1. The molecule has 2 rings (SSSR count). The molecule has 150 valence electrons. The lowest BCUT2D eigenvalue weighted by molar-refractivity contribution is -0.146. The Hall–Kier alpha value is -2.66. The first-order valence-corrected chi connectivity index (χ1v) is 9.54. The summed E-state index contributed by atoms with van der Waals surface area (Å²) in [4.78, 5) is 27.3. The molecule has 0 aliphatic carbocycles. The molecule has 0 bridgehead atoms. The van der Waals surface area contributed by atoms with Crippen molar-refractivity contribution in [2.24, 2.45) is 5.92 Å². The predicted octanol–water partition coefficient (Wildman–Crippen LogP) is 3.49. The van der Waals surface area contributed by atoms with E-state index in [2.05, 4.69) is 0 Å². The molecule has 28 heavy (non-hydrogen) atoms. The molecule has 5 nitrogen and oxygen atoms in total. The smallest absolute Gasteiger partial charge is 0.310 e. The van der Waals surface area contributed by atoms with Crippen molar-refractivity contribution < 1.29 is 19.1 Å². The van der Waals surface area contributed by atoms with Crippen LogP contribution in [0.3, 0.4) is 0 Å². The van der Waals surface area contributed by atoms with Crippen molar-refractivity contribution in [1.29, 1.82) is 0 Å². The summed E-state index contributed by atoms with van der Waals surface area (Å²) in [6, 6.07) is 19.5. The van der Waals surface area contributed by atoms with Crippen LogP contribution in [0.2, 0.25) is 0 Å². The molecule has 0 heterocycles. The van der Waals surface area contributed by atoms with Gasteiger partial charge < -0.3 is 14.4 Å². The lowest BCUT2D eigenvalue weighted by Gasteiger charge is -2.29. The highest BCUT2D eigenvalue weighted by Gasteiger charge is 2.29. The Labute approximate surface area is 167 Å². The maximum Gasteiger partial charge on any atom is 0.310 e. The number of ether oxygens (including phenoxy) is 2. The van der Waals surface area contributed by atoms with Crippen molar-refractivity contribution in [3.05, 3.63) is 71.8 Å². The van der Waals surface area contributed by atoms with Crippen LogP contribution in [-0.2, 0) is 19.1 Å². The highest BCUT2D eigenvalue weighted by molar-refractivity contribution is 5.87. The molecule has 0 spiro atoms. The van der Waals surface area contributed by atoms with Gasteiger partial charge in [-0.2, -0.15) is 0 Å². The Kier molecular flexibility index (Phi) is 8.69. The fourth-order valence-corrected chi connectivity index (χ4v) is 3.25. The Bertz CT molecular complexity index is 693. The summed E-state index contributed by atoms with van der Waals surface area (Å²) in [5.74, 6) is -1.16. The standard InChI is InChI=1S/C23H29NO4/c1-18(23(26)28-3)17-24(15-10-16-27-2)22(25)21(19-11-6-4-7-12-19)20-13-8-5-9-14-20/h4-9,11-14,18,21H,10,15-17H2,1-3H3. The molecule has 0 aromatic heterocycles. The molecule has 0 fully saturated rings. The van der Waals surface area contributed by atoms with Gasteiger partial charge in [0.25, 0.3) is 0 Å². The highest BCUT2D eigenvalue weighted by atomic mass is 16.5. The Morgan fingerprint density at radius 2 is 1.46 bits per heavy atom. The molecule has 1 unspecified atom stereocenters. The molecule has 0 aliphatic heterocycles. The van der Waals surface area contributed by atoms with E-state index in [4.69, 9.17) is 9.47 Å². The molecule has 5 heteroatoms. The predicted molar refractivity (Wildman–Crippen MR) is 109 cm³/mol. The van der Waals surface area contributed by atoms with E-state index in [0.717, 1.165) is 11.1 Å². The number of esters is 1. The van der Waals surface area contributed by atoms with Crippen LogP contribution in [0.1, 0.15) is 30.4 Å². The number of rotatable bonds is 10. The number of hydrogen-bond acceptors (Lipinski definition) is 4. The molecule has 0 aliphatic rings. The van der Waals surface area contributed by atoms with Gasteiger partial charge in [-0.25, -0.2) is 0 Å². The first-order valence-electron chi connectivity index (χ1n) is 9.54. The number of benzene rings is 2. The number of nitrogens with zero attached hydrogens (tertiary/aromatic N) is 1. The van der Waals surface area contributed by atoms with Crippen molar-refractivity contribution in [3.63, 3.8) is 0 Å². The van der Waals surface area contributed by atoms with Crippen LogP contribution in [0.25, 0.3) is 0 Å². The van der Waals surface area contributed by atoms with E-state index in [-0.39, 0.29) is 11.9 Å². The highest BCUT2D eigenvalue weighted by Crippen LogP contribution is 2.27. The zero-order valence-electron chi connectivity index (χ0n) is 16.8. The van der Waals surface area contributed by atoms with Gasteiger partial charge in [-0.15, -0.1) is 0 Å². The second-order valence-corrected chi connectivity index (χ2v) is 6.81. The van der Waals surface area contributed by atoms with Gasteiger partial charge in [0.15, 0.2) is 0 Å². The molecule has 1 amide bonds. The van der Waals surface area contributed by atoms with Crippen molar-refractivity contribution in [3.8, 4) is 0 Å². The van der Waals surface area contributed by atoms with Crippen molar-refractivity contribution >= 4 is 11.9 Å². The van der Waals surface area contributed by atoms with E-state index in [1.54, 1.807) is 18.9 Å². The Balaban J connectivity index is 2.33. The van der Waals surface area contributed by atoms with Gasteiger partial charge in [-0.1, -0.05) is 67.6 Å². The number of carbonyl (C=O) groups excluding carboxylic acids is 2. The maximum atomic E-state index is 13.6. The third kappa shape index (κ3) is 5.92. The summed E-state index contributed by atoms with van der Waals surface area (Å²) in [6.07, 6.45) is 0.701. The van der Waals surface area contributed by atoms with E-state index < -0.39 is 11.8 Å². The minimum Gasteiger partial charge on any atom is -0.469 e. The largest absolute Gasteiger partial charge is 0.469 e. The second-order valence-electron chi connectivity index (χ2n) is 6.81. The van der Waals surface area contributed by atoms with Gasteiger partial charge in [0.2, 0.25) is 5.91 Å². The summed E-state index contributed by atoms with van der Waals surface area (Å²) in [6.45, 7) is 3.16. The average molecular weight is 383 g/mol. The van der Waals surface area contributed by atoms with E-state index in [1.807, 2.05) is 60.7 Å². The topological polar surface area (TPSA) is 55.8 Å². The van der Waals surface area contributed by atoms with E-state index >= 15 is 0 Å². The number of carbonyl (C=O) groups is 2. The van der Waals surface area contributed by atoms with Crippen LogP contribution >= 0.6 is 0 Å². The summed E-state index contributed by atoms with van der Waals surface area (Å²) >= 11 is 0. The van der Waals surface area contributed by atoms with E-state index in [1.165, 1.54) is 7.11 Å². The van der Waals surface area contributed by atoms with Crippen LogP contribution < -0.4 is 0 Å². The minimum absolute atomic E-state index is 0.0238. The van der Waals surface area contributed by atoms with Gasteiger partial charge >= 0.3 is 5.97 Å². The minimum atomic E-state index is -0.421. The van der Waals surface area contributed by atoms with Gasteiger partial charge in [0.1, 0.15) is 0 Å². The van der Waals surface area contributed by atoms with E-state index in [9.17, 15) is 9.59 Å². The average Bonchev–Trinajstić information content (AvgIpc) is 2.74. The zero-order valence-corrected chi connectivity index (χ0v) is 16.8. The summed E-state index contributed by atoms with van der Waals surface area (Å²) < 4.78 is 9.99. The van der Waals surface area contributed by atoms with Crippen molar-refractivity contribution in [2.45, 2.75) is 19.3 Å². The van der Waals surface area contributed by atoms with E-state index in [0.29, 0.717) is 26.1 Å². The first kappa shape index (κ1) is 21.6. The third-order valence-electron chi connectivity index (χ3n) is 4.70. The summed E-state index contributed by atoms with van der Waals surface area (Å²) in [5, 5.41) is 0. The normalized spacial score (nSPS) is 11.9. The molecule has 0 saturated carbocycles. The molecular weight excluding hydrogens is 354 g/mol. The van der Waals surface area contributed by atoms with Crippen molar-refractivity contribution in [2.75, 3.05) is 33.9 Å². The van der Waals surface area contributed by atoms with Crippen LogP contribution in [0.5, 0.6) is 0 Å². The van der Waals surface area contributed by atoms with Gasteiger partial charge in [0, 0.05) is 26.8 Å². The monoisotopic (exact) mass is 383 g/mol. The summed E-state index contributed by atoms with van der Waals surface area (Å²) in [7, 11) is 3.01. The summed E-state index contributed by atoms with van der Waals surface area (Å²) in [5.41, 5.74) is 1.86. The van der Waals surface area contributed by atoms with Crippen molar-refractivity contribution in [1.82, 2.24) is 4.90 Å². The fraction of sp³-hybridized carbons (Fsp3) is 0.391. The van der Waals surface area contributed by atoms with Crippen LogP contribution in [-0.4, -0.2) is 50.7 Å². The molecule has 0 saturated heterocycles. The van der Waals surface area contributed by atoms with Crippen LogP contribution in [0, 0.1) is 5.92 Å². The first-order chi connectivity index (χ1) is 13.6. The molecule has 0 N–H and O–H groups in total. The Morgan fingerprint density at radius 3 is 1.93 bits per heavy atom. The second kappa shape index (κ2) is 11.2. The van der Waals surface area contributed by atoms with Gasteiger partial charge in [0.05, 0.1) is 18.9 Å². The maximum absolute atomic E-state index is 13.6. The fourth-order valence-electron chi connectivity index (χ4n) is 3.25. The molecule has 2 aromatic carbocycles. The number of amides is 1. The number of methoxy groups -OCH3 is 2. The number of hydrogen-bond donors (Lipinski definition) is 0. The lowest BCUT2D eigenvalue weighted by atomic mass is 9.89. The molecule has 2 aromatic rings. The van der Waals surface area contributed by atoms with Gasteiger partial charge in [-0.3, -0.25) is 9.59 Å². The lowest BCUT2D eigenvalue weighted by Crippen LogP contribution is -2.41. The van der Waals surface area contributed by atoms with Crippen LogP contribution in [0.4, 0.5) is 0 Å².